The van der Waals surface area contributed by atoms with E-state index in [0.29, 0.717) is 22.9 Å². The smallest absolute Gasteiger partial charge is 0.249 e. The van der Waals surface area contributed by atoms with E-state index in [-0.39, 0.29) is 5.82 Å². The number of anilines is 4. The van der Waals surface area contributed by atoms with E-state index in [2.05, 4.69) is 20.5 Å². The minimum atomic E-state index is 0.258. The number of nitrogens with zero attached hydrogens (tertiary/aromatic N) is 3. The van der Waals surface area contributed by atoms with Crippen LogP contribution in [0.3, 0.4) is 0 Å². The first-order valence-corrected chi connectivity index (χ1v) is 6.93. The molecule has 7 nitrogen and oxygen atoms in total. The fourth-order valence-electron chi connectivity index (χ4n) is 2.10. The molecule has 5 N–H and O–H groups in total. The van der Waals surface area contributed by atoms with Crippen molar-refractivity contribution >= 4 is 23.1 Å². The molecule has 116 valence electrons. The van der Waals surface area contributed by atoms with Gasteiger partial charge in [0.15, 0.2) is 5.82 Å². The molecule has 0 spiro atoms. The van der Waals surface area contributed by atoms with Gasteiger partial charge >= 0.3 is 0 Å². The molecule has 3 aromatic rings. The van der Waals surface area contributed by atoms with Gasteiger partial charge in [-0.1, -0.05) is 18.2 Å². The van der Waals surface area contributed by atoms with E-state index in [1.54, 1.807) is 13.2 Å². The topological polar surface area (TPSA) is 112 Å². The summed E-state index contributed by atoms with van der Waals surface area (Å²) in [5, 5.41) is 11.2. The predicted octanol–water partition coefficient (Wildman–Crippen LogP) is 2.46. The summed E-state index contributed by atoms with van der Waals surface area (Å²) in [7, 11) is 1.62. The Kier molecular flexibility index (Phi) is 3.92. The Bertz CT molecular complexity index is 819. The van der Waals surface area contributed by atoms with Gasteiger partial charge in [0.2, 0.25) is 5.95 Å². The third kappa shape index (κ3) is 3.13. The molecule has 0 radical (unpaired) electrons. The lowest BCUT2D eigenvalue weighted by Crippen LogP contribution is -2.05. The number of para-hydroxylation sites is 1. The standard InChI is InChI=1S/C16H16N6O/c1-23-11-8-6-10(7-9-11)19-16-20-15(18)14(21-22-16)12-4-2-3-5-13(12)17/h2-9H,17H2,1H3,(H3,18,19,20,22). The zero-order chi connectivity index (χ0) is 16.2. The van der Waals surface area contributed by atoms with Crippen molar-refractivity contribution in [3.8, 4) is 17.0 Å². The van der Waals surface area contributed by atoms with Crippen LogP contribution < -0.4 is 21.5 Å². The summed E-state index contributed by atoms with van der Waals surface area (Å²) < 4.78 is 5.11. The third-order valence-corrected chi connectivity index (χ3v) is 3.28. The SMILES string of the molecule is COc1ccc(Nc2nnc(-c3ccccc3N)c(N)n2)cc1. The van der Waals surface area contributed by atoms with Gasteiger partial charge in [-0.05, 0) is 30.3 Å². The second kappa shape index (κ2) is 6.18. The molecule has 1 heterocycles. The summed E-state index contributed by atoms with van der Waals surface area (Å²) in [6, 6.07) is 14.7. The van der Waals surface area contributed by atoms with Gasteiger partial charge in [-0.25, -0.2) is 0 Å². The number of rotatable bonds is 4. The summed E-state index contributed by atoms with van der Waals surface area (Å²) in [4.78, 5) is 4.23. The van der Waals surface area contributed by atoms with Crippen LogP contribution in [0.5, 0.6) is 5.75 Å². The van der Waals surface area contributed by atoms with Crippen molar-refractivity contribution in [3.05, 3.63) is 48.5 Å². The van der Waals surface area contributed by atoms with Gasteiger partial charge in [-0.2, -0.15) is 4.98 Å². The van der Waals surface area contributed by atoms with Gasteiger partial charge in [0, 0.05) is 16.9 Å². The maximum atomic E-state index is 5.99. The highest BCUT2D eigenvalue weighted by molar-refractivity contribution is 5.79. The molecule has 0 aliphatic carbocycles. The minimum absolute atomic E-state index is 0.258. The number of methoxy groups -OCH3 is 1. The molecule has 0 atom stereocenters. The molecule has 0 saturated heterocycles. The Morgan fingerprint density at radius 1 is 0.957 bits per heavy atom. The van der Waals surface area contributed by atoms with Crippen LogP contribution in [0.2, 0.25) is 0 Å². The highest BCUT2D eigenvalue weighted by Gasteiger charge is 2.11. The molecular weight excluding hydrogens is 292 g/mol. The number of benzene rings is 2. The average molecular weight is 308 g/mol. The first-order chi connectivity index (χ1) is 11.2. The monoisotopic (exact) mass is 308 g/mol. The van der Waals surface area contributed by atoms with Crippen LogP contribution in [-0.4, -0.2) is 22.3 Å². The maximum absolute atomic E-state index is 5.99. The molecule has 7 heteroatoms. The van der Waals surface area contributed by atoms with Crippen molar-refractivity contribution in [1.29, 1.82) is 0 Å². The fraction of sp³-hybridized carbons (Fsp3) is 0.0625. The first-order valence-electron chi connectivity index (χ1n) is 6.93. The van der Waals surface area contributed by atoms with Crippen LogP contribution in [-0.2, 0) is 0 Å². The van der Waals surface area contributed by atoms with Crippen molar-refractivity contribution in [2.75, 3.05) is 23.9 Å². The number of nitrogens with two attached hydrogens (primary N) is 2. The van der Waals surface area contributed by atoms with E-state index in [0.717, 1.165) is 11.4 Å². The van der Waals surface area contributed by atoms with Crippen LogP contribution in [0.15, 0.2) is 48.5 Å². The lowest BCUT2D eigenvalue weighted by atomic mass is 10.1. The predicted molar refractivity (Wildman–Crippen MR) is 90.4 cm³/mol. The summed E-state index contributed by atoms with van der Waals surface area (Å²) >= 11 is 0. The van der Waals surface area contributed by atoms with Gasteiger partial charge in [0.25, 0.3) is 0 Å². The molecule has 0 fully saturated rings. The molecule has 0 amide bonds. The zero-order valence-electron chi connectivity index (χ0n) is 12.5. The highest BCUT2D eigenvalue weighted by Crippen LogP contribution is 2.27. The number of hydrogen-bond acceptors (Lipinski definition) is 7. The molecule has 1 aromatic heterocycles. The van der Waals surface area contributed by atoms with Crippen molar-refractivity contribution in [3.63, 3.8) is 0 Å². The molecule has 3 rings (SSSR count). The van der Waals surface area contributed by atoms with E-state index in [4.69, 9.17) is 16.2 Å². The zero-order valence-corrected chi connectivity index (χ0v) is 12.5. The molecule has 23 heavy (non-hydrogen) atoms. The van der Waals surface area contributed by atoms with E-state index in [1.165, 1.54) is 0 Å². The van der Waals surface area contributed by atoms with Gasteiger partial charge < -0.3 is 21.5 Å². The fourth-order valence-corrected chi connectivity index (χ4v) is 2.10. The number of aromatic nitrogens is 3. The molecule has 0 aliphatic heterocycles. The van der Waals surface area contributed by atoms with E-state index >= 15 is 0 Å². The van der Waals surface area contributed by atoms with Crippen molar-refractivity contribution in [2.24, 2.45) is 0 Å². The van der Waals surface area contributed by atoms with Gasteiger partial charge in [-0.15, -0.1) is 10.2 Å². The lowest BCUT2D eigenvalue weighted by molar-refractivity contribution is 0.415. The Hall–Kier alpha value is -3.35. The molecule has 0 aliphatic rings. The Balaban J connectivity index is 1.85. The Morgan fingerprint density at radius 2 is 1.70 bits per heavy atom. The molecule has 0 unspecified atom stereocenters. The van der Waals surface area contributed by atoms with Crippen molar-refractivity contribution < 1.29 is 4.74 Å². The van der Waals surface area contributed by atoms with E-state index < -0.39 is 0 Å². The summed E-state index contributed by atoms with van der Waals surface area (Å²) in [6.07, 6.45) is 0. The number of hydrogen-bond donors (Lipinski definition) is 3. The molecular formula is C16H16N6O. The van der Waals surface area contributed by atoms with Crippen LogP contribution in [0.4, 0.5) is 23.1 Å². The molecule has 0 bridgehead atoms. The van der Waals surface area contributed by atoms with Crippen LogP contribution >= 0.6 is 0 Å². The number of nitrogen functional groups attached to an aromatic ring is 2. The van der Waals surface area contributed by atoms with Crippen LogP contribution in [0.25, 0.3) is 11.3 Å². The second-order valence-corrected chi connectivity index (χ2v) is 4.81. The molecule has 0 saturated carbocycles. The largest absolute Gasteiger partial charge is 0.497 e. The number of ether oxygens (including phenoxy) is 1. The van der Waals surface area contributed by atoms with E-state index in [1.807, 2.05) is 42.5 Å². The average Bonchev–Trinajstić information content (AvgIpc) is 2.57. The normalized spacial score (nSPS) is 10.3. The minimum Gasteiger partial charge on any atom is -0.497 e. The summed E-state index contributed by atoms with van der Waals surface area (Å²) in [5.41, 5.74) is 14.5. The van der Waals surface area contributed by atoms with Crippen molar-refractivity contribution in [2.45, 2.75) is 0 Å². The van der Waals surface area contributed by atoms with Gasteiger partial charge in [-0.3, -0.25) is 0 Å². The maximum Gasteiger partial charge on any atom is 0.249 e. The highest BCUT2D eigenvalue weighted by atomic mass is 16.5. The molecule has 2 aromatic carbocycles. The lowest BCUT2D eigenvalue weighted by Gasteiger charge is -2.09. The summed E-state index contributed by atoms with van der Waals surface area (Å²) in [5.74, 6) is 1.34. The Labute approximate surface area is 133 Å². The number of nitrogens with one attached hydrogen (secondary N) is 1. The van der Waals surface area contributed by atoms with Crippen molar-refractivity contribution in [1.82, 2.24) is 15.2 Å². The van der Waals surface area contributed by atoms with E-state index in [9.17, 15) is 0 Å². The van der Waals surface area contributed by atoms with Crippen LogP contribution in [0.1, 0.15) is 0 Å². The third-order valence-electron chi connectivity index (χ3n) is 3.28. The second-order valence-electron chi connectivity index (χ2n) is 4.81. The van der Waals surface area contributed by atoms with Gasteiger partial charge in [0.1, 0.15) is 11.4 Å². The van der Waals surface area contributed by atoms with Crippen LogP contribution in [0, 0.1) is 0 Å². The first kappa shape index (κ1) is 14.6. The Morgan fingerprint density at radius 3 is 2.35 bits per heavy atom. The quantitative estimate of drug-likeness (QED) is 0.634. The summed E-state index contributed by atoms with van der Waals surface area (Å²) in [6.45, 7) is 0. The van der Waals surface area contributed by atoms with Gasteiger partial charge in [0.05, 0.1) is 7.11 Å².